The lowest BCUT2D eigenvalue weighted by Crippen LogP contribution is -2.30. The second-order valence-electron chi connectivity index (χ2n) is 19.0. The van der Waals surface area contributed by atoms with E-state index in [1.54, 1.807) is 0 Å². The third-order valence-corrected chi connectivity index (χ3v) is 12.3. The highest BCUT2D eigenvalue weighted by Crippen LogP contribution is 2.17. The molecule has 0 aromatic heterocycles. The highest BCUT2D eigenvalue weighted by molar-refractivity contribution is 5.71. The van der Waals surface area contributed by atoms with Crippen LogP contribution in [0.1, 0.15) is 304 Å². The van der Waals surface area contributed by atoms with E-state index in [0.29, 0.717) is 19.3 Å². The number of hydrogen-bond donors (Lipinski definition) is 0. The number of carbonyl (C=O) groups excluding carboxylic acids is 3. The molecule has 0 aromatic carbocycles. The molecule has 0 spiro atoms. The van der Waals surface area contributed by atoms with Gasteiger partial charge in [-0.3, -0.25) is 14.4 Å². The number of hydrogen-bond acceptors (Lipinski definition) is 6. The van der Waals surface area contributed by atoms with Gasteiger partial charge in [0.15, 0.2) is 6.10 Å². The monoisotopic (exact) mass is 849 g/mol. The molecule has 1 atom stereocenters. The lowest BCUT2D eigenvalue weighted by molar-refractivity contribution is -0.167. The topological polar surface area (TPSA) is 78.9 Å². The van der Waals surface area contributed by atoms with Crippen molar-refractivity contribution < 1.29 is 28.6 Å². The second-order valence-corrected chi connectivity index (χ2v) is 19.0. The van der Waals surface area contributed by atoms with Crippen molar-refractivity contribution in [2.45, 2.75) is 310 Å². The maximum atomic E-state index is 12.8. The first-order valence-corrected chi connectivity index (χ1v) is 26.9. The van der Waals surface area contributed by atoms with Crippen LogP contribution in [-0.4, -0.2) is 37.2 Å². The molecule has 0 aliphatic carbocycles. The van der Waals surface area contributed by atoms with Gasteiger partial charge in [-0.1, -0.05) is 265 Å². The van der Waals surface area contributed by atoms with Gasteiger partial charge in [-0.2, -0.15) is 0 Å². The van der Waals surface area contributed by atoms with Gasteiger partial charge in [0.05, 0.1) is 0 Å². The van der Waals surface area contributed by atoms with E-state index in [0.717, 1.165) is 63.7 Å². The third-order valence-electron chi connectivity index (χ3n) is 12.3. The summed E-state index contributed by atoms with van der Waals surface area (Å²) < 4.78 is 16.8. The number of rotatable bonds is 49. The molecule has 0 aliphatic heterocycles. The van der Waals surface area contributed by atoms with E-state index in [9.17, 15) is 14.4 Å². The summed E-state index contributed by atoms with van der Waals surface area (Å²) in [6.45, 7) is 9.01. The largest absolute Gasteiger partial charge is 0.462 e. The minimum atomic E-state index is -0.760. The molecule has 356 valence electrons. The first kappa shape index (κ1) is 58.4. The molecular weight excluding hydrogens is 745 g/mol. The van der Waals surface area contributed by atoms with Crippen molar-refractivity contribution in [3.8, 4) is 0 Å². The van der Waals surface area contributed by atoms with E-state index < -0.39 is 6.10 Å². The maximum Gasteiger partial charge on any atom is 0.306 e. The minimum absolute atomic E-state index is 0.0628. The molecule has 60 heavy (non-hydrogen) atoms. The van der Waals surface area contributed by atoms with Gasteiger partial charge in [-0.15, -0.1) is 0 Å². The van der Waals surface area contributed by atoms with Crippen molar-refractivity contribution >= 4 is 17.9 Å². The SMILES string of the molecule is CCCCCCCCCCCCCCCCCCCCCC(=O)OC[C@H](COC(=O)CCCCCCCCCCCC)OC(=O)CCCCCCCCCCCCC(C)C. The van der Waals surface area contributed by atoms with E-state index in [4.69, 9.17) is 14.2 Å². The third kappa shape index (κ3) is 47.5. The Hall–Kier alpha value is -1.59. The van der Waals surface area contributed by atoms with Crippen LogP contribution >= 0.6 is 0 Å². The zero-order chi connectivity index (χ0) is 43.8. The van der Waals surface area contributed by atoms with Gasteiger partial charge in [-0.25, -0.2) is 0 Å². The van der Waals surface area contributed by atoms with Crippen LogP contribution in [0.4, 0.5) is 0 Å². The van der Waals surface area contributed by atoms with Crippen LogP contribution in [0.3, 0.4) is 0 Å². The number of unbranched alkanes of at least 4 members (excludes halogenated alkanes) is 36. The van der Waals surface area contributed by atoms with E-state index in [-0.39, 0.29) is 31.1 Å². The lowest BCUT2D eigenvalue weighted by atomic mass is 10.0. The standard InChI is InChI=1S/C54H104O6/c1-5-7-9-11-13-15-17-18-19-20-21-22-23-24-25-30-34-38-42-46-53(56)59-49-51(48-58-52(55)45-41-37-33-29-16-14-12-10-8-6-2)60-54(57)47-43-39-35-31-27-26-28-32-36-40-44-50(3)4/h50-51H,5-49H2,1-4H3/t51-/m0/s1. The van der Waals surface area contributed by atoms with Gasteiger partial charge >= 0.3 is 17.9 Å². The molecule has 0 bridgehead atoms. The quantitative estimate of drug-likeness (QED) is 0.0345. The van der Waals surface area contributed by atoms with Crippen LogP contribution in [0.25, 0.3) is 0 Å². The Labute approximate surface area is 374 Å². The molecule has 6 heteroatoms. The summed E-state index contributed by atoms with van der Waals surface area (Å²) >= 11 is 0. The Morgan fingerprint density at radius 2 is 0.550 bits per heavy atom. The molecule has 0 fully saturated rings. The Morgan fingerprint density at radius 1 is 0.317 bits per heavy atom. The summed E-state index contributed by atoms with van der Waals surface area (Å²) in [6.07, 6.45) is 51.0. The van der Waals surface area contributed by atoms with Crippen LogP contribution in [0.5, 0.6) is 0 Å². The molecule has 0 radical (unpaired) electrons. The van der Waals surface area contributed by atoms with Crippen molar-refractivity contribution in [1.29, 1.82) is 0 Å². The molecule has 0 aromatic rings. The summed E-state index contributed by atoms with van der Waals surface area (Å²) in [5.74, 6) is -0.0286. The smallest absolute Gasteiger partial charge is 0.306 e. The van der Waals surface area contributed by atoms with Gasteiger partial charge in [0, 0.05) is 19.3 Å². The predicted molar refractivity (Wildman–Crippen MR) is 257 cm³/mol. The van der Waals surface area contributed by atoms with Crippen LogP contribution < -0.4 is 0 Å². The summed E-state index contributed by atoms with van der Waals surface area (Å²) in [4.78, 5) is 37.9. The Morgan fingerprint density at radius 3 is 0.817 bits per heavy atom. The first-order valence-electron chi connectivity index (χ1n) is 26.9. The van der Waals surface area contributed by atoms with Crippen LogP contribution in [0.2, 0.25) is 0 Å². The molecular formula is C54H104O6. The van der Waals surface area contributed by atoms with E-state index >= 15 is 0 Å². The van der Waals surface area contributed by atoms with Crippen molar-refractivity contribution in [2.24, 2.45) is 5.92 Å². The molecule has 0 saturated carbocycles. The summed E-state index contributed by atoms with van der Waals surface area (Å²) in [5.41, 5.74) is 0. The van der Waals surface area contributed by atoms with Crippen LogP contribution in [0, 0.1) is 5.92 Å². The van der Waals surface area contributed by atoms with Gasteiger partial charge < -0.3 is 14.2 Å². The normalized spacial score (nSPS) is 11.9. The van der Waals surface area contributed by atoms with E-state index in [1.165, 1.54) is 199 Å². The fourth-order valence-corrected chi connectivity index (χ4v) is 8.22. The van der Waals surface area contributed by atoms with Crippen molar-refractivity contribution in [2.75, 3.05) is 13.2 Å². The molecule has 0 rings (SSSR count). The lowest BCUT2D eigenvalue weighted by Gasteiger charge is -2.18. The number of ether oxygens (including phenoxy) is 3. The highest BCUT2D eigenvalue weighted by atomic mass is 16.6. The second kappa shape index (κ2) is 48.4. The van der Waals surface area contributed by atoms with E-state index in [1.807, 2.05) is 0 Å². The molecule has 0 aliphatic rings. The average molecular weight is 849 g/mol. The molecule has 0 saturated heterocycles. The molecule has 6 nitrogen and oxygen atoms in total. The van der Waals surface area contributed by atoms with Crippen molar-refractivity contribution in [1.82, 2.24) is 0 Å². The van der Waals surface area contributed by atoms with Gasteiger partial charge in [0.25, 0.3) is 0 Å². The van der Waals surface area contributed by atoms with Gasteiger partial charge in [-0.05, 0) is 25.2 Å². The first-order chi connectivity index (χ1) is 29.4. The summed E-state index contributed by atoms with van der Waals surface area (Å²) in [7, 11) is 0. The zero-order valence-electron chi connectivity index (χ0n) is 40.9. The molecule has 0 N–H and O–H groups in total. The van der Waals surface area contributed by atoms with Gasteiger partial charge in [0.2, 0.25) is 0 Å². The molecule has 0 amide bonds. The van der Waals surface area contributed by atoms with Crippen molar-refractivity contribution in [3.05, 3.63) is 0 Å². The van der Waals surface area contributed by atoms with Gasteiger partial charge in [0.1, 0.15) is 13.2 Å². The maximum absolute atomic E-state index is 12.8. The summed E-state index contributed by atoms with van der Waals surface area (Å²) in [6, 6.07) is 0. The Kier molecular flexibility index (Phi) is 47.2. The van der Waals surface area contributed by atoms with Crippen LogP contribution in [-0.2, 0) is 28.6 Å². The average Bonchev–Trinajstić information content (AvgIpc) is 3.23. The zero-order valence-corrected chi connectivity index (χ0v) is 40.9. The Balaban J connectivity index is 4.23. The fraction of sp³-hybridized carbons (Fsp3) is 0.944. The number of esters is 3. The molecule has 0 unspecified atom stereocenters. The van der Waals surface area contributed by atoms with Crippen molar-refractivity contribution in [3.63, 3.8) is 0 Å². The predicted octanol–water partition coefficient (Wildman–Crippen LogP) is 17.5. The molecule has 0 heterocycles. The highest BCUT2D eigenvalue weighted by Gasteiger charge is 2.19. The minimum Gasteiger partial charge on any atom is -0.462 e. The number of carbonyl (C=O) groups is 3. The fourth-order valence-electron chi connectivity index (χ4n) is 8.22. The Bertz CT molecular complexity index is 903. The van der Waals surface area contributed by atoms with E-state index in [2.05, 4.69) is 27.7 Å². The van der Waals surface area contributed by atoms with Crippen LogP contribution in [0.15, 0.2) is 0 Å². The summed E-state index contributed by atoms with van der Waals surface area (Å²) in [5, 5.41) is 0.